The van der Waals surface area contributed by atoms with Gasteiger partial charge in [-0.15, -0.1) is 0 Å². The van der Waals surface area contributed by atoms with Crippen LogP contribution in [0.3, 0.4) is 0 Å². The minimum atomic E-state index is -0.0356. The van der Waals surface area contributed by atoms with Crippen molar-refractivity contribution in [2.45, 2.75) is 38.8 Å². The van der Waals surface area contributed by atoms with Crippen molar-refractivity contribution in [3.63, 3.8) is 0 Å². The molecule has 1 N–H and O–H groups in total. The molecule has 2 aromatic carbocycles. The Morgan fingerprint density at radius 1 is 1.03 bits per heavy atom. The van der Waals surface area contributed by atoms with E-state index in [0.29, 0.717) is 36.3 Å². The van der Waals surface area contributed by atoms with E-state index in [1.165, 1.54) is 24.0 Å². The lowest BCUT2D eigenvalue weighted by Gasteiger charge is -2.18. The quantitative estimate of drug-likeness (QED) is 0.777. The number of nitrogens with one attached hydrogen (secondary N) is 1. The van der Waals surface area contributed by atoms with Gasteiger partial charge in [0.05, 0.1) is 24.7 Å². The number of ether oxygens (including phenoxy) is 2. The van der Waals surface area contributed by atoms with E-state index in [0.717, 1.165) is 31.6 Å². The minimum absolute atomic E-state index is 0.0356. The summed E-state index contributed by atoms with van der Waals surface area (Å²) in [6, 6.07) is 12.0. The number of nitrogens with zero attached hydrogens (tertiary/aromatic N) is 1. The third kappa shape index (κ3) is 5.22. The number of halogens is 1. The highest BCUT2D eigenvalue weighted by Gasteiger charge is 2.17. The van der Waals surface area contributed by atoms with E-state index < -0.39 is 0 Å². The number of likely N-dealkylation sites (tertiary alicyclic amines) is 1. The highest BCUT2D eigenvalue weighted by molar-refractivity contribution is 6.32. The molecule has 1 amide bonds. The summed E-state index contributed by atoms with van der Waals surface area (Å²) in [6.45, 7) is 4.97. The Labute approximate surface area is 176 Å². The Kier molecular flexibility index (Phi) is 6.57. The molecule has 2 aliphatic heterocycles. The van der Waals surface area contributed by atoms with Gasteiger partial charge >= 0.3 is 0 Å². The van der Waals surface area contributed by atoms with Gasteiger partial charge in [-0.25, -0.2) is 0 Å². The second-order valence-corrected chi connectivity index (χ2v) is 8.07. The number of rotatable bonds is 6. The van der Waals surface area contributed by atoms with E-state index >= 15 is 0 Å². The summed E-state index contributed by atoms with van der Waals surface area (Å²) in [5.74, 6) is 1.16. The van der Waals surface area contributed by atoms with Gasteiger partial charge in [-0.2, -0.15) is 0 Å². The molecule has 29 heavy (non-hydrogen) atoms. The molecule has 0 radical (unpaired) electrons. The number of carbonyl (C=O) groups excluding carboxylic acids is 1. The molecule has 1 fully saturated rings. The predicted molar refractivity (Wildman–Crippen MR) is 114 cm³/mol. The first kappa shape index (κ1) is 20.0. The number of carbonyl (C=O) groups is 1. The number of hydrogen-bond donors (Lipinski definition) is 1. The lowest BCUT2D eigenvalue weighted by Crippen LogP contribution is -2.26. The monoisotopic (exact) mass is 414 g/mol. The Morgan fingerprint density at radius 3 is 2.62 bits per heavy atom. The van der Waals surface area contributed by atoms with Crippen molar-refractivity contribution in [3.05, 3.63) is 58.1 Å². The summed E-state index contributed by atoms with van der Waals surface area (Å²) in [5, 5.41) is 3.54. The van der Waals surface area contributed by atoms with Gasteiger partial charge in [0.2, 0.25) is 5.91 Å². The molecule has 2 aromatic rings. The molecule has 2 aliphatic rings. The number of hydrogen-bond acceptors (Lipinski definition) is 4. The van der Waals surface area contributed by atoms with Gasteiger partial charge in [0.25, 0.3) is 0 Å². The summed E-state index contributed by atoms with van der Waals surface area (Å²) in [7, 11) is 0. The summed E-state index contributed by atoms with van der Waals surface area (Å²) >= 11 is 6.34. The van der Waals surface area contributed by atoms with Gasteiger partial charge < -0.3 is 14.8 Å². The van der Waals surface area contributed by atoms with Crippen LogP contribution in [0.1, 0.15) is 36.0 Å². The Hall–Kier alpha value is -2.24. The molecule has 0 aliphatic carbocycles. The molecule has 4 rings (SSSR count). The molecular weight excluding hydrogens is 388 g/mol. The first-order valence-corrected chi connectivity index (χ1v) is 10.7. The molecular formula is C23H27ClN2O3. The zero-order valence-corrected chi connectivity index (χ0v) is 17.3. The standard InChI is InChI=1S/C23H27ClN2O3/c24-20-12-17(13-21-23(20)29-11-5-10-28-21)14-22(27)25-15-18-6-1-2-7-19(18)16-26-8-3-4-9-26/h1-2,6-7,12-13H,3-5,8-11,14-16H2,(H,25,27). The van der Waals surface area contributed by atoms with Crippen LogP contribution in [0.25, 0.3) is 0 Å². The third-order valence-electron chi connectivity index (χ3n) is 5.41. The fourth-order valence-electron chi connectivity index (χ4n) is 3.89. The maximum absolute atomic E-state index is 12.6. The van der Waals surface area contributed by atoms with Crippen LogP contribution in [-0.4, -0.2) is 37.1 Å². The van der Waals surface area contributed by atoms with Crippen molar-refractivity contribution in [1.82, 2.24) is 10.2 Å². The van der Waals surface area contributed by atoms with Crippen molar-refractivity contribution in [1.29, 1.82) is 0 Å². The van der Waals surface area contributed by atoms with Crippen molar-refractivity contribution in [2.75, 3.05) is 26.3 Å². The van der Waals surface area contributed by atoms with Crippen molar-refractivity contribution in [2.24, 2.45) is 0 Å². The molecule has 1 saturated heterocycles. The van der Waals surface area contributed by atoms with E-state index in [1.807, 2.05) is 12.1 Å². The van der Waals surface area contributed by atoms with Crippen molar-refractivity contribution < 1.29 is 14.3 Å². The van der Waals surface area contributed by atoms with Gasteiger partial charge in [-0.1, -0.05) is 35.9 Å². The largest absolute Gasteiger partial charge is 0.489 e. The lowest BCUT2D eigenvalue weighted by molar-refractivity contribution is -0.120. The summed E-state index contributed by atoms with van der Waals surface area (Å²) in [5.41, 5.74) is 3.28. The SMILES string of the molecule is O=C(Cc1cc(Cl)c2c(c1)OCCCO2)NCc1ccccc1CN1CCCC1. The average Bonchev–Trinajstić information content (AvgIpc) is 3.10. The van der Waals surface area contributed by atoms with Crippen LogP contribution in [-0.2, 0) is 24.3 Å². The molecule has 0 atom stereocenters. The first-order valence-electron chi connectivity index (χ1n) is 10.3. The topological polar surface area (TPSA) is 50.8 Å². The van der Waals surface area contributed by atoms with Gasteiger partial charge in [-0.3, -0.25) is 9.69 Å². The van der Waals surface area contributed by atoms with Gasteiger partial charge in [-0.05, 0) is 54.8 Å². The molecule has 2 heterocycles. The summed E-state index contributed by atoms with van der Waals surface area (Å²) < 4.78 is 11.4. The molecule has 0 saturated carbocycles. The summed E-state index contributed by atoms with van der Waals surface area (Å²) in [6.07, 6.45) is 3.62. The van der Waals surface area contributed by atoms with Gasteiger partial charge in [0.15, 0.2) is 11.5 Å². The maximum atomic E-state index is 12.6. The second-order valence-electron chi connectivity index (χ2n) is 7.66. The van der Waals surface area contributed by atoms with Gasteiger partial charge in [0.1, 0.15) is 0 Å². The maximum Gasteiger partial charge on any atom is 0.224 e. The van der Waals surface area contributed by atoms with Crippen LogP contribution < -0.4 is 14.8 Å². The van der Waals surface area contributed by atoms with E-state index in [-0.39, 0.29) is 12.3 Å². The molecule has 5 nitrogen and oxygen atoms in total. The van der Waals surface area contributed by atoms with Crippen LogP contribution in [0, 0.1) is 0 Å². The van der Waals surface area contributed by atoms with Crippen LogP contribution >= 0.6 is 11.6 Å². The van der Waals surface area contributed by atoms with Crippen LogP contribution in [0.4, 0.5) is 0 Å². The fraction of sp³-hybridized carbons (Fsp3) is 0.435. The van der Waals surface area contributed by atoms with Crippen molar-refractivity contribution in [3.8, 4) is 11.5 Å². The highest BCUT2D eigenvalue weighted by atomic mass is 35.5. The van der Waals surface area contributed by atoms with Crippen LogP contribution in [0.5, 0.6) is 11.5 Å². The van der Waals surface area contributed by atoms with E-state index in [9.17, 15) is 4.79 Å². The Morgan fingerprint density at radius 2 is 1.79 bits per heavy atom. The fourth-order valence-corrected chi connectivity index (χ4v) is 4.18. The summed E-state index contributed by atoms with van der Waals surface area (Å²) in [4.78, 5) is 15.0. The average molecular weight is 415 g/mol. The second kappa shape index (κ2) is 9.51. The van der Waals surface area contributed by atoms with E-state index in [2.05, 4.69) is 28.4 Å². The molecule has 6 heteroatoms. The van der Waals surface area contributed by atoms with E-state index in [1.54, 1.807) is 6.07 Å². The normalized spacial score (nSPS) is 16.4. The van der Waals surface area contributed by atoms with Crippen molar-refractivity contribution >= 4 is 17.5 Å². The molecule has 0 aromatic heterocycles. The van der Waals surface area contributed by atoms with E-state index in [4.69, 9.17) is 21.1 Å². The highest BCUT2D eigenvalue weighted by Crippen LogP contribution is 2.38. The lowest BCUT2D eigenvalue weighted by atomic mass is 10.1. The first-order chi connectivity index (χ1) is 14.2. The van der Waals surface area contributed by atoms with Crippen LogP contribution in [0.15, 0.2) is 36.4 Å². The Bertz CT molecular complexity index is 865. The minimum Gasteiger partial charge on any atom is -0.489 e. The molecule has 154 valence electrons. The molecule has 0 unspecified atom stereocenters. The molecule has 0 spiro atoms. The number of amides is 1. The smallest absolute Gasteiger partial charge is 0.224 e. The number of fused-ring (bicyclic) bond motifs is 1. The Balaban J connectivity index is 1.37. The zero-order valence-electron chi connectivity index (χ0n) is 16.6. The van der Waals surface area contributed by atoms with Crippen LogP contribution in [0.2, 0.25) is 5.02 Å². The zero-order chi connectivity index (χ0) is 20.1. The van der Waals surface area contributed by atoms with Gasteiger partial charge in [0, 0.05) is 19.5 Å². The molecule has 0 bridgehead atoms. The predicted octanol–water partition coefficient (Wildman–Crippen LogP) is 3.96. The third-order valence-corrected chi connectivity index (χ3v) is 5.69. The number of benzene rings is 2.